The van der Waals surface area contributed by atoms with E-state index in [0.717, 1.165) is 12.3 Å². The first-order chi connectivity index (χ1) is 9.34. The molecule has 1 saturated heterocycles. The van der Waals surface area contributed by atoms with Crippen LogP contribution in [-0.2, 0) is 0 Å². The molecule has 0 aromatic carbocycles. The molecule has 3 nitrogen and oxygen atoms in total. The third kappa shape index (κ3) is 6.55. The maximum Gasteiger partial charge on any atom is 0.0746 e. The summed E-state index contributed by atoms with van der Waals surface area (Å²) in [7, 11) is 0. The summed E-state index contributed by atoms with van der Waals surface area (Å²) in [4.78, 5) is 2.60. The van der Waals surface area contributed by atoms with Gasteiger partial charge in [0.25, 0.3) is 0 Å². The van der Waals surface area contributed by atoms with Gasteiger partial charge in [-0.1, -0.05) is 20.8 Å². The van der Waals surface area contributed by atoms with Gasteiger partial charge in [0, 0.05) is 19.1 Å². The Morgan fingerprint density at radius 1 is 1.35 bits per heavy atom. The molecule has 0 spiro atoms. The van der Waals surface area contributed by atoms with Crippen molar-refractivity contribution >= 4 is 0 Å². The molecule has 0 aromatic rings. The van der Waals surface area contributed by atoms with Crippen LogP contribution in [-0.4, -0.2) is 47.8 Å². The van der Waals surface area contributed by atoms with Crippen molar-refractivity contribution in [2.24, 2.45) is 11.8 Å². The summed E-state index contributed by atoms with van der Waals surface area (Å²) < 4.78 is 0. The van der Waals surface area contributed by atoms with E-state index in [1.807, 2.05) is 6.92 Å². The monoisotopic (exact) mass is 284 g/mol. The number of aliphatic hydroxyl groups is 1. The highest BCUT2D eigenvalue weighted by Crippen LogP contribution is 2.21. The van der Waals surface area contributed by atoms with Crippen LogP contribution >= 0.6 is 0 Å². The topological polar surface area (TPSA) is 35.5 Å². The standard InChI is InChI=1S/C17H36N2O/c1-6-9-19-10-7-8-16(12-19)15(4)18-13-17(5,20)11-14(2)3/h14-16,18,20H,6-13H2,1-5H3. The maximum absolute atomic E-state index is 10.4. The molecule has 3 heteroatoms. The number of hydrogen-bond donors (Lipinski definition) is 2. The van der Waals surface area contributed by atoms with Crippen LogP contribution in [0.2, 0.25) is 0 Å². The van der Waals surface area contributed by atoms with Gasteiger partial charge in [-0.3, -0.25) is 0 Å². The van der Waals surface area contributed by atoms with Crippen molar-refractivity contribution in [2.45, 2.75) is 71.9 Å². The zero-order chi connectivity index (χ0) is 15.2. The summed E-state index contributed by atoms with van der Waals surface area (Å²) in [6.45, 7) is 15.3. The van der Waals surface area contributed by atoms with Crippen LogP contribution < -0.4 is 5.32 Å². The molecule has 1 aliphatic heterocycles. The highest BCUT2D eigenvalue weighted by atomic mass is 16.3. The second-order valence-electron chi connectivity index (χ2n) is 7.47. The normalized spacial score (nSPS) is 25.6. The fourth-order valence-corrected chi connectivity index (χ4v) is 3.52. The predicted molar refractivity (Wildman–Crippen MR) is 87.0 cm³/mol. The highest BCUT2D eigenvalue weighted by molar-refractivity contribution is 4.84. The van der Waals surface area contributed by atoms with Gasteiger partial charge in [0.15, 0.2) is 0 Å². The van der Waals surface area contributed by atoms with Crippen molar-refractivity contribution < 1.29 is 5.11 Å². The SMILES string of the molecule is CCCN1CCCC(C(C)NCC(C)(O)CC(C)C)C1. The molecule has 2 N–H and O–H groups in total. The number of rotatable bonds is 8. The minimum Gasteiger partial charge on any atom is -0.389 e. The number of likely N-dealkylation sites (tertiary alicyclic amines) is 1. The highest BCUT2D eigenvalue weighted by Gasteiger charge is 2.27. The summed E-state index contributed by atoms with van der Waals surface area (Å²) in [5.41, 5.74) is -0.583. The molecule has 1 rings (SSSR count). The second kappa shape index (κ2) is 8.35. The summed E-state index contributed by atoms with van der Waals surface area (Å²) in [5, 5.41) is 14.0. The Balaban J connectivity index is 2.36. The van der Waals surface area contributed by atoms with Crippen molar-refractivity contribution in [3.63, 3.8) is 0 Å². The molecular weight excluding hydrogens is 248 g/mol. The van der Waals surface area contributed by atoms with Crippen molar-refractivity contribution in [2.75, 3.05) is 26.2 Å². The molecule has 20 heavy (non-hydrogen) atoms. The lowest BCUT2D eigenvalue weighted by Crippen LogP contribution is -2.48. The van der Waals surface area contributed by atoms with Crippen molar-refractivity contribution in [1.82, 2.24) is 10.2 Å². The van der Waals surface area contributed by atoms with E-state index in [-0.39, 0.29) is 0 Å². The molecule has 1 fully saturated rings. The van der Waals surface area contributed by atoms with Crippen LogP contribution in [0.5, 0.6) is 0 Å². The number of hydrogen-bond acceptors (Lipinski definition) is 3. The third-order valence-electron chi connectivity index (χ3n) is 4.44. The van der Waals surface area contributed by atoms with Gasteiger partial charge >= 0.3 is 0 Å². The lowest BCUT2D eigenvalue weighted by molar-refractivity contribution is 0.0321. The van der Waals surface area contributed by atoms with Crippen LogP contribution in [0.1, 0.15) is 60.3 Å². The molecule has 0 bridgehead atoms. The van der Waals surface area contributed by atoms with Crippen LogP contribution in [0.25, 0.3) is 0 Å². The maximum atomic E-state index is 10.4. The summed E-state index contributed by atoms with van der Waals surface area (Å²) in [6.07, 6.45) is 4.75. The zero-order valence-corrected chi connectivity index (χ0v) is 14.3. The van der Waals surface area contributed by atoms with Crippen LogP contribution in [0.15, 0.2) is 0 Å². The molecule has 0 amide bonds. The molecule has 0 saturated carbocycles. The minimum atomic E-state index is -0.583. The summed E-state index contributed by atoms with van der Waals surface area (Å²) in [5.74, 6) is 1.27. The van der Waals surface area contributed by atoms with Gasteiger partial charge in [-0.2, -0.15) is 0 Å². The summed E-state index contributed by atoms with van der Waals surface area (Å²) in [6, 6.07) is 0.494. The number of nitrogens with zero attached hydrogens (tertiary/aromatic N) is 1. The molecule has 3 atom stereocenters. The lowest BCUT2D eigenvalue weighted by Gasteiger charge is -2.37. The Hall–Kier alpha value is -0.120. The molecule has 1 heterocycles. The average molecular weight is 284 g/mol. The van der Waals surface area contributed by atoms with Gasteiger partial charge in [-0.05, 0) is 64.5 Å². The lowest BCUT2D eigenvalue weighted by atomic mass is 9.90. The quantitative estimate of drug-likeness (QED) is 0.719. The van der Waals surface area contributed by atoms with Crippen molar-refractivity contribution in [3.05, 3.63) is 0 Å². The molecule has 120 valence electrons. The van der Waals surface area contributed by atoms with Gasteiger partial charge in [-0.25, -0.2) is 0 Å². The van der Waals surface area contributed by atoms with E-state index < -0.39 is 5.60 Å². The molecule has 3 unspecified atom stereocenters. The Morgan fingerprint density at radius 2 is 2.05 bits per heavy atom. The predicted octanol–water partition coefficient (Wildman–Crippen LogP) is 2.88. The molecule has 0 aliphatic carbocycles. The first kappa shape index (κ1) is 17.9. The molecule has 1 aliphatic rings. The summed E-state index contributed by atoms with van der Waals surface area (Å²) >= 11 is 0. The van der Waals surface area contributed by atoms with Gasteiger partial charge in [0.1, 0.15) is 0 Å². The van der Waals surface area contributed by atoms with Gasteiger partial charge in [0.05, 0.1) is 5.60 Å². The molecular formula is C17H36N2O. The van der Waals surface area contributed by atoms with E-state index >= 15 is 0 Å². The van der Waals surface area contributed by atoms with Gasteiger partial charge in [-0.15, -0.1) is 0 Å². The largest absolute Gasteiger partial charge is 0.389 e. The fourth-order valence-electron chi connectivity index (χ4n) is 3.52. The molecule has 0 aromatic heterocycles. The van der Waals surface area contributed by atoms with Gasteiger partial charge < -0.3 is 15.3 Å². The number of piperidine rings is 1. The van der Waals surface area contributed by atoms with E-state index in [1.54, 1.807) is 0 Å². The number of nitrogens with one attached hydrogen (secondary N) is 1. The second-order valence-corrected chi connectivity index (χ2v) is 7.47. The average Bonchev–Trinajstić information content (AvgIpc) is 2.35. The Kier molecular flexibility index (Phi) is 7.49. The van der Waals surface area contributed by atoms with Crippen LogP contribution in [0.3, 0.4) is 0 Å². The van der Waals surface area contributed by atoms with Gasteiger partial charge in [0.2, 0.25) is 0 Å². The zero-order valence-electron chi connectivity index (χ0n) is 14.3. The Labute approximate surface area is 126 Å². The van der Waals surface area contributed by atoms with Crippen molar-refractivity contribution in [1.29, 1.82) is 0 Å². The van der Waals surface area contributed by atoms with E-state index in [9.17, 15) is 5.11 Å². The van der Waals surface area contributed by atoms with Crippen LogP contribution in [0, 0.1) is 11.8 Å². The fraction of sp³-hybridized carbons (Fsp3) is 1.00. The Bertz CT molecular complexity index is 264. The van der Waals surface area contributed by atoms with Crippen LogP contribution in [0.4, 0.5) is 0 Å². The van der Waals surface area contributed by atoms with E-state index in [1.165, 1.54) is 38.9 Å². The van der Waals surface area contributed by atoms with E-state index in [4.69, 9.17) is 0 Å². The Morgan fingerprint density at radius 3 is 2.65 bits per heavy atom. The smallest absolute Gasteiger partial charge is 0.0746 e. The first-order valence-electron chi connectivity index (χ1n) is 8.52. The van der Waals surface area contributed by atoms with E-state index in [2.05, 4.69) is 37.9 Å². The first-order valence-corrected chi connectivity index (χ1v) is 8.52. The third-order valence-corrected chi connectivity index (χ3v) is 4.44. The molecule has 0 radical (unpaired) electrons. The van der Waals surface area contributed by atoms with E-state index in [0.29, 0.717) is 18.5 Å². The van der Waals surface area contributed by atoms with Crippen molar-refractivity contribution in [3.8, 4) is 0 Å². The minimum absolute atomic E-state index is 0.494.